The summed E-state index contributed by atoms with van der Waals surface area (Å²) in [6, 6.07) is 11.1. The van der Waals surface area contributed by atoms with Crippen LogP contribution in [0.25, 0.3) is 0 Å². The van der Waals surface area contributed by atoms with Crippen molar-refractivity contribution in [2.45, 2.75) is 36.6 Å². The number of hydrogen-bond acceptors (Lipinski definition) is 2. The van der Waals surface area contributed by atoms with Crippen molar-refractivity contribution in [3.8, 4) is 0 Å². The van der Waals surface area contributed by atoms with Crippen LogP contribution in [0, 0.1) is 19.7 Å². The van der Waals surface area contributed by atoms with Gasteiger partial charge in [0.25, 0.3) is 0 Å². The van der Waals surface area contributed by atoms with E-state index in [9.17, 15) is 4.39 Å². The van der Waals surface area contributed by atoms with Crippen LogP contribution in [-0.4, -0.2) is 0 Å². The van der Waals surface area contributed by atoms with E-state index in [-0.39, 0.29) is 11.9 Å². The summed E-state index contributed by atoms with van der Waals surface area (Å²) in [5, 5.41) is 0. The van der Waals surface area contributed by atoms with E-state index in [0.717, 1.165) is 9.79 Å². The van der Waals surface area contributed by atoms with Gasteiger partial charge in [0.2, 0.25) is 0 Å². The van der Waals surface area contributed by atoms with Gasteiger partial charge in [0.1, 0.15) is 5.82 Å². The Kier molecular flexibility index (Phi) is 4.27. The standard InChI is InChI=1S/C16H18FNS/c1-10-7-8-11(2)15(9-10)19-14-6-4-5-13(17)16(14)12(3)18/h4-9,12H,18H2,1-3H3/t12-/m1/s1. The summed E-state index contributed by atoms with van der Waals surface area (Å²) in [7, 11) is 0. The van der Waals surface area contributed by atoms with Crippen LogP contribution in [0.5, 0.6) is 0 Å². The van der Waals surface area contributed by atoms with Gasteiger partial charge in [0.05, 0.1) is 0 Å². The molecule has 3 heteroatoms. The summed E-state index contributed by atoms with van der Waals surface area (Å²) in [5.41, 5.74) is 8.87. The fraction of sp³-hybridized carbons (Fsp3) is 0.250. The number of aryl methyl sites for hydroxylation is 2. The van der Waals surface area contributed by atoms with Gasteiger partial charge in [-0.2, -0.15) is 0 Å². The summed E-state index contributed by atoms with van der Waals surface area (Å²) in [6.45, 7) is 5.93. The monoisotopic (exact) mass is 275 g/mol. The van der Waals surface area contributed by atoms with Crippen molar-refractivity contribution in [1.29, 1.82) is 0 Å². The molecule has 1 atom stereocenters. The van der Waals surface area contributed by atoms with Gasteiger partial charge in [-0.3, -0.25) is 0 Å². The van der Waals surface area contributed by atoms with Crippen LogP contribution in [0.1, 0.15) is 29.7 Å². The van der Waals surface area contributed by atoms with Crippen LogP contribution in [-0.2, 0) is 0 Å². The van der Waals surface area contributed by atoms with Crippen molar-refractivity contribution in [2.75, 3.05) is 0 Å². The lowest BCUT2D eigenvalue weighted by Crippen LogP contribution is -2.09. The average Bonchev–Trinajstić information content (AvgIpc) is 2.33. The van der Waals surface area contributed by atoms with Gasteiger partial charge in [0, 0.05) is 21.4 Å². The molecule has 100 valence electrons. The number of hydrogen-bond donors (Lipinski definition) is 1. The summed E-state index contributed by atoms with van der Waals surface area (Å²) in [5.74, 6) is -0.231. The molecule has 0 fully saturated rings. The van der Waals surface area contributed by atoms with Crippen LogP contribution < -0.4 is 5.73 Å². The second kappa shape index (κ2) is 5.76. The van der Waals surface area contributed by atoms with Gasteiger partial charge in [-0.15, -0.1) is 0 Å². The lowest BCUT2D eigenvalue weighted by molar-refractivity contribution is 0.585. The van der Waals surface area contributed by atoms with Gasteiger partial charge in [-0.25, -0.2) is 4.39 Å². The van der Waals surface area contributed by atoms with Gasteiger partial charge < -0.3 is 5.73 Å². The summed E-state index contributed by atoms with van der Waals surface area (Å²) in [6.07, 6.45) is 0. The van der Waals surface area contributed by atoms with Crippen molar-refractivity contribution >= 4 is 11.8 Å². The maximum absolute atomic E-state index is 13.9. The van der Waals surface area contributed by atoms with Crippen molar-refractivity contribution in [3.63, 3.8) is 0 Å². The van der Waals surface area contributed by atoms with E-state index in [4.69, 9.17) is 5.73 Å². The molecule has 0 aromatic heterocycles. The van der Waals surface area contributed by atoms with Crippen LogP contribution in [0.15, 0.2) is 46.2 Å². The average molecular weight is 275 g/mol. The Bertz CT molecular complexity index is 593. The molecule has 0 bridgehead atoms. The lowest BCUT2D eigenvalue weighted by Gasteiger charge is -2.14. The molecular formula is C16H18FNS. The molecular weight excluding hydrogens is 257 g/mol. The molecule has 0 aliphatic carbocycles. The zero-order valence-corrected chi connectivity index (χ0v) is 12.2. The third kappa shape index (κ3) is 3.17. The number of halogens is 1. The molecule has 2 rings (SSSR count). The molecule has 2 aromatic carbocycles. The van der Waals surface area contributed by atoms with Crippen LogP contribution in [0.4, 0.5) is 4.39 Å². The Hall–Kier alpha value is -1.32. The van der Waals surface area contributed by atoms with Crippen molar-refractivity contribution in [1.82, 2.24) is 0 Å². The van der Waals surface area contributed by atoms with Gasteiger partial charge >= 0.3 is 0 Å². The Balaban J connectivity index is 2.44. The van der Waals surface area contributed by atoms with E-state index >= 15 is 0 Å². The molecule has 0 heterocycles. The predicted octanol–water partition coefficient (Wildman–Crippen LogP) is 4.61. The normalized spacial score (nSPS) is 12.5. The second-order valence-electron chi connectivity index (χ2n) is 4.81. The maximum atomic E-state index is 13.9. The van der Waals surface area contributed by atoms with Gasteiger partial charge in [-0.1, -0.05) is 30.0 Å². The van der Waals surface area contributed by atoms with E-state index in [1.165, 1.54) is 17.2 Å². The van der Waals surface area contributed by atoms with Crippen LogP contribution >= 0.6 is 11.8 Å². The topological polar surface area (TPSA) is 26.0 Å². The maximum Gasteiger partial charge on any atom is 0.129 e. The largest absolute Gasteiger partial charge is 0.324 e. The summed E-state index contributed by atoms with van der Waals surface area (Å²) in [4.78, 5) is 2.04. The first-order valence-corrected chi connectivity index (χ1v) is 7.10. The first-order chi connectivity index (χ1) is 8.99. The zero-order chi connectivity index (χ0) is 14.0. The highest BCUT2D eigenvalue weighted by molar-refractivity contribution is 7.99. The molecule has 1 nitrogen and oxygen atoms in total. The van der Waals surface area contributed by atoms with Crippen molar-refractivity contribution in [3.05, 3.63) is 58.9 Å². The second-order valence-corrected chi connectivity index (χ2v) is 5.90. The van der Waals surface area contributed by atoms with E-state index in [0.29, 0.717) is 5.56 Å². The summed E-state index contributed by atoms with van der Waals surface area (Å²) >= 11 is 1.58. The minimum Gasteiger partial charge on any atom is -0.324 e. The minimum atomic E-state index is -0.311. The molecule has 19 heavy (non-hydrogen) atoms. The van der Waals surface area contributed by atoms with Crippen LogP contribution in [0.2, 0.25) is 0 Å². The lowest BCUT2D eigenvalue weighted by atomic mass is 10.1. The van der Waals surface area contributed by atoms with Crippen molar-refractivity contribution < 1.29 is 4.39 Å². The molecule has 0 aliphatic heterocycles. The zero-order valence-electron chi connectivity index (χ0n) is 11.4. The first kappa shape index (κ1) is 14.1. The predicted molar refractivity (Wildman–Crippen MR) is 79.0 cm³/mol. The Morgan fingerprint density at radius 2 is 1.84 bits per heavy atom. The first-order valence-electron chi connectivity index (χ1n) is 6.28. The molecule has 0 saturated heterocycles. The van der Waals surface area contributed by atoms with Gasteiger partial charge in [0.15, 0.2) is 0 Å². The molecule has 0 amide bonds. The van der Waals surface area contributed by atoms with E-state index in [2.05, 4.69) is 32.0 Å². The molecule has 0 aliphatic rings. The highest BCUT2D eigenvalue weighted by Crippen LogP contribution is 2.36. The third-order valence-electron chi connectivity index (χ3n) is 3.03. The minimum absolute atomic E-state index is 0.231. The van der Waals surface area contributed by atoms with E-state index in [1.807, 2.05) is 13.0 Å². The van der Waals surface area contributed by atoms with Crippen molar-refractivity contribution in [2.24, 2.45) is 5.73 Å². The molecule has 2 aromatic rings. The Morgan fingerprint density at radius 1 is 1.11 bits per heavy atom. The van der Waals surface area contributed by atoms with Crippen LogP contribution in [0.3, 0.4) is 0 Å². The molecule has 0 unspecified atom stereocenters. The Morgan fingerprint density at radius 3 is 2.53 bits per heavy atom. The Labute approximate surface area is 118 Å². The third-order valence-corrected chi connectivity index (χ3v) is 4.27. The quantitative estimate of drug-likeness (QED) is 0.885. The molecule has 0 radical (unpaired) electrons. The molecule has 0 spiro atoms. The smallest absolute Gasteiger partial charge is 0.129 e. The fourth-order valence-corrected chi connectivity index (χ4v) is 3.23. The van der Waals surface area contributed by atoms with E-state index < -0.39 is 0 Å². The number of rotatable bonds is 3. The highest BCUT2D eigenvalue weighted by atomic mass is 32.2. The SMILES string of the molecule is Cc1ccc(C)c(Sc2cccc(F)c2[C@@H](C)N)c1. The van der Waals surface area contributed by atoms with Gasteiger partial charge in [-0.05, 0) is 50.1 Å². The van der Waals surface area contributed by atoms with E-state index in [1.54, 1.807) is 17.8 Å². The number of benzene rings is 2. The molecule has 2 N–H and O–H groups in total. The fourth-order valence-electron chi connectivity index (χ4n) is 1.98. The molecule has 0 saturated carbocycles. The number of nitrogens with two attached hydrogens (primary N) is 1. The summed E-state index contributed by atoms with van der Waals surface area (Å²) < 4.78 is 13.9. The highest BCUT2D eigenvalue weighted by Gasteiger charge is 2.14.